The van der Waals surface area contributed by atoms with Gasteiger partial charge < -0.3 is 4.74 Å². The summed E-state index contributed by atoms with van der Waals surface area (Å²) < 4.78 is 4.84. The highest BCUT2D eigenvalue weighted by molar-refractivity contribution is 7.99. The summed E-state index contributed by atoms with van der Waals surface area (Å²) in [5, 5.41) is 0. The molecule has 0 amide bonds. The Kier molecular flexibility index (Phi) is 10.3. The largest absolute Gasteiger partial charge is 0.462 e. The molecule has 0 aliphatic carbocycles. The van der Waals surface area contributed by atoms with E-state index in [1.54, 1.807) is 0 Å². The van der Waals surface area contributed by atoms with Crippen molar-refractivity contribution in [2.75, 3.05) is 18.1 Å². The molecule has 0 fully saturated rings. The Morgan fingerprint density at radius 2 is 2.14 bits per heavy atom. The normalized spacial score (nSPS) is 9.79. The molecule has 0 heterocycles. The second kappa shape index (κ2) is 10.6. The lowest BCUT2D eigenvalue weighted by Gasteiger charge is -2.02. The maximum Gasteiger partial charge on any atom is 0.330 e. The zero-order chi connectivity index (χ0) is 10.6. The van der Waals surface area contributed by atoms with Crippen molar-refractivity contribution in [3.05, 3.63) is 12.7 Å². The van der Waals surface area contributed by atoms with Gasteiger partial charge in [-0.3, -0.25) is 0 Å². The summed E-state index contributed by atoms with van der Waals surface area (Å²) in [5.41, 5.74) is 0. The van der Waals surface area contributed by atoms with Gasteiger partial charge in [0.15, 0.2) is 0 Å². The summed E-state index contributed by atoms with van der Waals surface area (Å²) in [6.45, 7) is 6.04. The summed E-state index contributed by atoms with van der Waals surface area (Å²) in [6.07, 6.45) is 6.39. The zero-order valence-electron chi connectivity index (χ0n) is 8.96. The molecule has 0 aromatic heterocycles. The molecule has 0 aromatic carbocycles. The highest BCUT2D eigenvalue weighted by atomic mass is 32.2. The fraction of sp³-hybridized carbons (Fsp3) is 0.727. The Hall–Kier alpha value is -0.440. The second-order valence-corrected chi connectivity index (χ2v) is 4.27. The van der Waals surface area contributed by atoms with E-state index in [0.717, 1.165) is 5.75 Å². The minimum absolute atomic E-state index is 0.323. The van der Waals surface area contributed by atoms with Crippen LogP contribution in [0.3, 0.4) is 0 Å². The summed E-state index contributed by atoms with van der Waals surface area (Å²) in [4.78, 5) is 10.6. The van der Waals surface area contributed by atoms with E-state index in [1.807, 2.05) is 11.8 Å². The number of ether oxygens (including phenoxy) is 1. The standard InChI is InChI=1S/C11H20O2S/c1-3-5-6-7-9-14-10-8-13-11(12)4-2/h4H,2-3,5-10H2,1H3. The van der Waals surface area contributed by atoms with E-state index in [4.69, 9.17) is 4.74 Å². The summed E-state index contributed by atoms with van der Waals surface area (Å²) >= 11 is 1.84. The molecule has 0 saturated carbocycles. The number of unbranched alkanes of at least 4 members (excludes halogenated alkanes) is 3. The Labute approximate surface area is 91.1 Å². The van der Waals surface area contributed by atoms with Gasteiger partial charge in [-0.1, -0.05) is 32.8 Å². The molecule has 0 spiro atoms. The lowest BCUT2D eigenvalue weighted by Crippen LogP contribution is -2.03. The molecule has 2 nitrogen and oxygen atoms in total. The van der Waals surface area contributed by atoms with Crippen LogP contribution < -0.4 is 0 Å². The third-order valence-electron chi connectivity index (χ3n) is 1.78. The van der Waals surface area contributed by atoms with E-state index < -0.39 is 0 Å². The Morgan fingerprint density at radius 3 is 2.79 bits per heavy atom. The molecule has 0 saturated heterocycles. The summed E-state index contributed by atoms with van der Waals surface area (Å²) in [6, 6.07) is 0. The van der Waals surface area contributed by atoms with Gasteiger partial charge in [0.25, 0.3) is 0 Å². The molecule has 0 aliphatic rings. The van der Waals surface area contributed by atoms with Crippen LogP contribution >= 0.6 is 11.8 Å². The SMILES string of the molecule is C=CC(=O)OCCSCCCCCC. The number of carbonyl (C=O) groups is 1. The Morgan fingerprint density at radius 1 is 1.36 bits per heavy atom. The van der Waals surface area contributed by atoms with Gasteiger partial charge in [-0.25, -0.2) is 4.79 Å². The number of rotatable bonds is 9. The van der Waals surface area contributed by atoms with Crippen LogP contribution in [-0.4, -0.2) is 24.1 Å². The van der Waals surface area contributed by atoms with Crippen LogP contribution in [0, 0.1) is 0 Å². The Balaban J connectivity index is 2.99. The highest BCUT2D eigenvalue weighted by Gasteiger charge is 1.95. The van der Waals surface area contributed by atoms with Crippen LogP contribution in [0.1, 0.15) is 32.6 Å². The summed E-state index contributed by atoms with van der Waals surface area (Å²) in [5.74, 6) is 1.74. The first-order valence-corrected chi connectivity index (χ1v) is 6.33. The molecule has 0 rings (SSSR count). The number of hydrogen-bond acceptors (Lipinski definition) is 3. The minimum atomic E-state index is -0.323. The molecule has 0 N–H and O–H groups in total. The highest BCUT2D eigenvalue weighted by Crippen LogP contribution is 2.07. The van der Waals surface area contributed by atoms with Gasteiger partial charge in [0.1, 0.15) is 6.61 Å². The van der Waals surface area contributed by atoms with Gasteiger partial charge in [-0.05, 0) is 12.2 Å². The average molecular weight is 216 g/mol. The van der Waals surface area contributed by atoms with Crippen molar-refractivity contribution in [1.82, 2.24) is 0 Å². The first-order valence-electron chi connectivity index (χ1n) is 5.18. The molecular weight excluding hydrogens is 196 g/mol. The smallest absolute Gasteiger partial charge is 0.330 e. The molecule has 0 aromatic rings. The van der Waals surface area contributed by atoms with Crippen molar-refractivity contribution in [3.8, 4) is 0 Å². The van der Waals surface area contributed by atoms with Gasteiger partial charge in [0, 0.05) is 11.8 Å². The monoisotopic (exact) mass is 216 g/mol. The van der Waals surface area contributed by atoms with Crippen molar-refractivity contribution in [1.29, 1.82) is 0 Å². The van der Waals surface area contributed by atoms with Crippen LogP contribution in [0.15, 0.2) is 12.7 Å². The van der Waals surface area contributed by atoms with Gasteiger partial charge in [0.05, 0.1) is 0 Å². The van der Waals surface area contributed by atoms with E-state index in [2.05, 4.69) is 13.5 Å². The summed E-state index contributed by atoms with van der Waals surface area (Å²) in [7, 11) is 0. The van der Waals surface area contributed by atoms with E-state index in [-0.39, 0.29) is 5.97 Å². The number of hydrogen-bond donors (Lipinski definition) is 0. The topological polar surface area (TPSA) is 26.3 Å². The van der Waals surface area contributed by atoms with Crippen molar-refractivity contribution in [2.45, 2.75) is 32.6 Å². The number of thioether (sulfide) groups is 1. The molecule has 3 heteroatoms. The van der Waals surface area contributed by atoms with Crippen LogP contribution in [0.25, 0.3) is 0 Å². The molecule has 0 atom stereocenters. The van der Waals surface area contributed by atoms with Crippen LogP contribution in [0.2, 0.25) is 0 Å². The third kappa shape index (κ3) is 9.65. The predicted octanol–water partition coefficient (Wildman–Crippen LogP) is 3.03. The molecular formula is C11H20O2S. The average Bonchev–Trinajstić information content (AvgIpc) is 2.21. The van der Waals surface area contributed by atoms with E-state index in [9.17, 15) is 4.79 Å². The minimum Gasteiger partial charge on any atom is -0.462 e. The number of esters is 1. The molecule has 0 aliphatic heterocycles. The molecule has 0 unspecified atom stereocenters. The van der Waals surface area contributed by atoms with Crippen molar-refractivity contribution in [3.63, 3.8) is 0 Å². The fourth-order valence-electron chi connectivity index (χ4n) is 0.993. The number of carbonyl (C=O) groups excluding carboxylic acids is 1. The quantitative estimate of drug-likeness (QED) is 0.337. The van der Waals surface area contributed by atoms with Crippen LogP contribution in [-0.2, 0) is 9.53 Å². The molecule has 0 radical (unpaired) electrons. The lowest BCUT2D eigenvalue weighted by molar-refractivity contribution is -0.137. The molecule has 82 valence electrons. The van der Waals surface area contributed by atoms with Crippen molar-refractivity contribution < 1.29 is 9.53 Å². The second-order valence-electron chi connectivity index (χ2n) is 3.04. The first kappa shape index (κ1) is 13.6. The lowest BCUT2D eigenvalue weighted by atomic mass is 10.2. The van der Waals surface area contributed by atoms with E-state index in [0.29, 0.717) is 6.61 Å². The third-order valence-corrected chi connectivity index (χ3v) is 2.81. The molecule has 14 heavy (non-hydrogen) atoms. The predicted molar refractivity (Wildman–Crippen MR) is 62.6 cm³/mol. The maximum absolute atomic E-state index is 10.6. The van der Waals surface area contributed by atoms with Gasteiger partial charge in [0.2, 0.25) is 0 Å². The zero-order valence-corrected chi connectivity index (χ0v) is 9.78. The molecule has 0 bridgehead atoms. The van der Waals surface area contributed by atoms with Crippen LogP contribution in [0.4, 0.5) is 0 Å². The van der Waals surface area contributed by atoms with Crippen LogP contribution in [0.5, 0.6) is 0 Å². The van der Waals surface area contributed by atoms with Crippen molar-refractivity contribution >= 4 is 17.7 Å². The maximum atomic E-state index is 10.6. The van der Waals surface area contributed by atoms with Gasteiger partial charge in [-0.15, -0.1) is 0 Å². The Bertz CT molecular complexity index is 157. The first-order chi connectivity index (χ1) is 6.81. The fourth-order valence-corrected chi connectivity index (χ4v) is 1.81. The van der Waals surface area contributed by atoms with Gasteiger partial charge >= 0.3 is 5.97 Å². The van der Waals surface area contributed by atoms with E-state index in [1.165, 1.54) is 37.5 Å². The van der Waals surface area contributed by atoms with E-state index >= 15 is 0 Å². The van der Waals surface area contributed by atoms with Gasteiger partial charge in [-0.2, -0.15) is 11.8 Å². The van der Waals surface area contributed by atoms with Crippen molar-refractivity contribution in [2.24, 2.45) is 0 Å².